The molecule has 0 spiro atoms. The van der Waals surface area contributed by atoms with Crippen molar-refractivity contribution in [3.63, 3.8) is 0 Å². The number of thiazole rings is 1. The number of hydrogen-bond acceptors (Lipinski definition) is 6. The lowest BCUT2D eigenvalue weighted by molar-refractivity contribution is -0.139. The lowest BCUT2D eigenvalue weighted by Crippen LogP contribution is -2.06. The molecular weight excluding hydrogens is 270 g/mol. The van der Waals surface area contributed by atoms with Crippen LogP contribution in [0.3, 0.4) is 0 Å². The number of aromatic nitrogens is 1. The van der Waals surface area contributed by atoms with Crippen molar-refractivity contribution in [2.24, 2.45) is 0 Å². The number of thioether (sulfide) groups is 1. The van der Waals surface area contributed by atoms with Gasteiger partial charge in [0.2, 0.25) is 0 Å². The van der Waals surface area contributed by atoms with Gasteiger partial charge in [-0.25, -0.2) is 4.98 Å². The van der Waals surface area contributed by atoms with Crippen molar-refractivity contribution in [3.05, 3.63) is 29.5 Å². The van der Waals surface area contributed by atoms with Gasteiger partial charge in [-0.2, -0.15) is 0 Å². The fourth-order valence-corrected chi connectivity index (χ4v) is 2.93. The van der Waals surface area contributed by atoms with Crippen LogP contribution in [0.1, 0.15) is 12.6 Å². The van der Waals surface area contributed by atoms with Gasteiger partial charge < -0.3 is 9.15 Å². The van der Waals surface area contributed by atoms with Crippen LogP contribution in [0.4, 0.5) is 0 Å². The fourth-order valence-electron chi connectivity index (χ4n) is 1.33. The molecule has 0 aliphatic carbocycles. The minimum atomic E-state index is -0.177. The summed E-state index contributed by atoms with van der Waals surface area (Å²) in [6.07, 6.45) is 1.63. The van der Waals surface area contributed by atoms with Crippen LogP contribution in [0.5, 0.6) is 0 Å². The summed E-state index contributed by atoms with van der Waals surface area (Å²) < 4.78 is 10.1. The average Bonchev–Trinajstić information content (AvgIpc) is 2.99. The van der Waals surface area contributed by atoms with Crippen molar-refractivity contribution >= 4 is 29.1 Å². The van der Waals surface area contributed by atoms with Gasteiger partial charge in [0.1, 0.15) is 0 Å². The second-order valence-corrected chi connectivity index (χ2v) is 5.26. The third kappa shape index (κ3) is 3.61. The molecule has 0 bridgehead atoms. The Morgan fingerprint density at radius 2 is 2.50 bits per heavy atom. The van der Waals surface area contributed by atoms with Crippen molar-refractivity contribution in [3.8, 4) is 10.8 Å². The van der Waals surface area contributed by atoms with Crippen LogP contribution in [-0.4, -0.2) is 23.3 Å². The molecule has 0 fully saturated rings. The third-order valence-corrected chi connectivity index (χ3v) is 3.90. The predicted molar refractivity (Wildman–Crippen MR) is 72.6 cm³/mol. The van der Waals surface area contributed by atoms with Gasteiger partial charge in [0.15, 0.2) is 10.8 Å². The highest BCUT2D eigenvalue weighted by molar-refractivity contribution is 7.99. The van der Waals surface area contributed by atoms with E-state index in [1.54, 1.807) is 24.5 Å². The molecule has 2 aromatic heterocycles. The van der Waals surface area contributed by atoms with Crippen molar-refractivity contribution in [1.29, 1.82) is 0 Å². The summed E-state index contributed by atoms with van der Waals surface area (Å²) in [6.45, 7) is 2.23. The number of furan rings is 1. The molecule has 2 rings (SSSR count). The monoisotopic (exact) mass is 283 g/mol. The Morgan fingerprint density at radius 3 is 3.22 bits per heavy atom. The Kier molecular flexibility index (Phi) is 4.83. The number of hydrogen-bond donors (Lipinski definition) is 0. The van der Waals surface area contributed by atoms with E-state index in [4.69, 9.17) is 9.15 Å². The fraction of sp³-hybridized carbons (Fsp3) is 0.333. The van der Waals surface area contributed by atoms with Crippen molar-refractivity contribution < 1.29 is 13.9 Å². The molecule has 0 aliphatic rings. The highest BCUT2D eigenvalue weighted by atomic mass is 32.2. The van der Waals surface area contributed by atoms with E-state index < -0.39 is 0 Å². The Morgan fingerprint density at radius 1 is 1.61 bits per heavy atom. The van der Waals surface area contributed by atoms with E-state index in [1.165, 1.54) is 11.8 Å². The molecule has 0 amide bonds. The van der Waals surface area contributed by atoms with Crippen LogP contribution in [0.25, 0.3) is 10.8 Å². The average molecular weight is 283 g/mol. The van der Waals surface area contributed by atoms with Crippen molar-refractivity contribution in [1.82, 2.24) is 4.98 Å². The van der Waals surface area contributed by atoms with Gasteiger partial charge in [-0.05, 0) is 19.1 Å². The Bertz CT molecular complexity index is 493. The van der Waals surface area contributed by atoms with Gasteiger partial charge >= 0.3 is 5.97 Å². The topological polar surface area (TPSA) is 52.3 Å². The summed E-state index contributed by atoms with van der Waals surface area (Å²) in [5.74, 6) is 1.67. The number of carbonyl (C=O) groups is 1. The van der Waals surface area contributed by atoms with E-state index in [2.05, 4.69) is 4.98 Å². The molecule has 0 saturated carbocycles. The summed E-state index contributed by atoms with van der Waals surface area (Å²) in [4.78, 5) is 15.6. The molecule has 0 unspecified atom stereocenters. The van der Waals surface area contributed by atoms with E-state index >= 15 is 0 Å². The molecule has 96 valence electrons. The smallest absolute Gasteiger partial charge is 0.315 e. The number of rotatable bonds is 6. The molecule has 2 aromatic rings. The highest BCUT2D eigenvalue weighted by Gasteiger charge is 2.08. The van der Waals surface area contributed by atoms with Crippen molar-refractivity contribution in [2.45, 2.75) is 12.7 Å². The molecule has 6 heteroatoms. The van der Waals surface area contributed by atoms with Crippen LogP contribution >= 0.6 is 23.1 Å². The molecule has 0 aromatic carbocycles. The van der Waals surface area contributed by atoms with E-state index in [-0.39, 0.29) is 5.97 Å². The predicted octanol–water partition coefficient (Wildman–Crippen LogP) is 3.20. The number of nitrogens with zero attached hydrogens (tertiary/aromatic N) is 1. The summed E-state index contributed by atoms with van der Waals surface area (Å²) >= 11 is 3.05. The van der Waals surface area contributed by atoms with Crippen LogP contribution in [0.15, 0.2) is 28.2 Å². The van der Waals surface area contributed by atoms with Gasteiger partial charge in [0, 0.05) is 11.1 Å². The maximum absolute atomic E-state index is 11.1. The molecule has 0 radical (unpaired) electrons. The number of ether oxygens (including phenoxy) is 1. The quantitative estimate of drug-likeness (QED) is 0.762. The summed E-state index contributed by atoms with van der Waals surface area (Å²) in [6, 6.07) is 3.72. The Balaban J connectivity index is 1.82. The first-order valence-electron chi connectivity index (χ1n) is 5.51. The van der Waals surface area contributed by atoms with Gasteiger partial charge in [0.25, 0.3) is 0 Å². The zero-order valence-electron chi connectivity index (χ0n) is 9.92. The molecular formula is C12H13NO3S2. The van der Waals surface area contributed by atoms with Crippen molar-refractivity contribution in [2.75, 3.05) is 12.4 Å². The summed E-state index contributed by atoms with van der Waals surface area (Å²) in [7, 11) is 0. The van der Waals surface area contributed by atoms with Gasteiger partial charge in [-0.15, -0.1) is 23.1 Å². The SMILES string of the molecule is CCOC(=O)CSCc1csc(-c2ccco2)n1. The maximum atomic E-state index is 11.1. The number of esters is 1. The highest BCUT2D eigenvalue weighted by Crippen LogP contribution is 2.25. The minimum absolute atomic E-state index is 0.177. The first kappa shape index (κ1) is 13.2. The Hall–Kier alpha value is -1.27. The minimum Gasteiger partial charge on any atom is -0.465 e. The lowest BCUT2D eigenvalue weighted by Gasteiger charge is -1.99. The molecule has 4 nitrogen and oxygen atoms in total. The lowest BCUT2D eigenvalue weighted by atomic mass is 10.5. The first-order chi connectivity index (χ1) is 8.79. The van der Waals surface area contributed by atoms with E-state index in [0.29, 0.717) is 18.1 Å². The van der Waals surface area contributed by atoms with Gasteiger partial charge in [-0.1, -0.05) is 0 Å². The van der Waals surface area contributed by atoms with Crippen LogP contribution in [0, 0.1) is 0 Å². The van der Waals surface area contributed by atoms with Gasteiger partial charge in [-0.3, -0.25) is 4.79 Å². The normalized spacial score (nSPS) is 10.5. The molecule has 2 heterocycles. The standard InChI is InChI=1S/C12H13NO3S2/c1-2-15-11(14)8-17-6-9-7-18-12(13-9)10-4-3-5-16-10/h3-5,7H,2,6,8H2,1H3. The molecule has 18 heavy (non-hydrogen) atoms. The van der Waals surface area contributed by atoms with E-state index in [9.17, 15) is 4.79 Å². The van der Waals surface area contributed by atoms with E-state index in [0.717, 1.165) is 16.5 Å². The van der Waals surface area contributed by atoms with E-state index in [1.807, 2.05) is 17.5 Å². The summed E-state index contributed by atoms with van der Waals surface area (Å²) in [5, 5.41) is 2.85. The zero-order chi connectivity index (χ0) is 12.8. The Labute approximate surface area is 113 Å². The third-order valence-electron chi connectivity index (χ3n) is 2.06. The maximum Gasteiger partial charge on any atom is 0.315 e. The molecule has 0 atom stereocenters. The summed E-state index contributed by atoms with van der Waals surface area (Å²) in [5.41, 5.74) is 0.959. The second kappa shape index (κ2) is 6.61. The van der Waals surface area contributed by atoms with Crippen LogP contribution < -0.4 is 0 Å². The molecule has 0 saturated heterocycles. The number of carbonyl (C=O) groups excluding carboxylic acids is 1. The zero-order valence-corrected chi connectivity index (χ0v) is 11.6. The molecule has 0 N–H and O–H groups in total. The van der Waals surface area contributed by atoms with Crippen LogP contribution in [0.2, 0.25) is 0 Å². The second-order valence-electron chi connectivity index (χ2n) is 3.42. The largest absolute Gasteiger partial charge is 0.465 e. The first-order valence-corrected chi connectivity index (χ1v) is 7.54. The molecule has 0 aliphatic heterocycles. The van der Waals surface area contributed by atoms with Gasteiger partial charge in [0.05, 0.1) is 24.3 Å². The van der Waals surface area contributed by atoms with Crippen LogP contribution in [-0.2, 0) is 15.3 Å².